The third-order valence-electron chi connectivity index (χ3n) is 14.3. The molecule has 0 bridgehead atoms. The molecule has 0 radical (unpaired) electrons. The van der Waals surface area contributed by atoms with Crippen LogP contribution in [-0.4, -0.2) is 73.4 Å². The molecule has 3 unspecified atom stereocenters. The lowest BCUT2D eigenvalue weighted by Crippen LogP contribution is -2.45. The van der Waals surface area contributed by atoms with Crippen LogP contribution in [0.2, 0.25) is 0 Å². The molecule has 9 heteroatoms. The molecule has 0 aliphatic carbocycles. The normalized spacial score (nSPS) is 14.3. The number of quaternary nitrogens is 1. The quantitative estimate of drug-likeness (QED) is 0.0243. The summed E-state index contributed by atoms with van der Waals surface area (Å²) in [6, 6.07) is -0.864. The summed E-state index contributed by atoms with van der Waals surface area (Å²) in [5, 5.41) is 13.9. The van der Waals surface area contributed by atoms with Gasteiger partial charge in [0.2, 0.25) is 5.91 Å². The first-order valence-corrected chi connectivity index (χ1v) is 34.0. The molecule has 0 fully saturated rings. The van der Waals surface area contributed by atoms with Gasteiger partial charge in [0.1, 0.15) is 13.2 Å². The fraction of sp³-hybridized carbons (Fsp3) is 0.779. The van der Waals surface area contributed by atoms with E-state index in [0.717, 1.165) is 70.6 Å². The van der Waals surface area contributed by atoms with Gasteiger partial charge < -0.3 is 19.8 Å². The number of hydrogen-bond acceptors (Lipinski definition) is 5. The van der Waals surface area contributed by atoms with Gasteiger partial charge in [-0.25, -0.2) is 4.57 Å². The van der Waals surface area contributed by atoms with Crippen LogP contribution in [0.3, 0.4) is 0 Å². The maximum atomic E-state index is 13.0. The molecule has 0 aromatic rings. The highest BCUT2D eigenvalue weighted by atomic mass is 31.2. The highest BCUT2D eigenvalue weighted by Crippen LogP contribution is 2.43. The predicted molar refractivity (Wildman–Crippen MR) is 336 cm³/mol. The molecule has 0 rings (SSSR count). The van der Waals surface area contributed by atoms with Crippen molar-refractivity contribution < 1.29 is 32.9 Å². The molecule has 0 aliphatic heterocycles. The van der Waals surface area contributed by atoms with E-state index in [4.69, 9.17) is 9.05 Å². The Morgan fingerprint density at radius 2 is 0.792 bits per heavy atom. The zero-order valence-corrected chi connectivity index (χ0v) is 52.1. The minimum Gasteiger partial charge on any atom is -0.387 e. The second-order valence-corrected chi connectivity index (χ2v) is 24.6. The molecule has 8 nitrogen and oxygen atoms in total. The summed E-state index contributed by atoms with van der Waals surface area (Å²) < 4.78 is 23.7. The lowest BCUT2D eigenvalue weighted by molar-refractivity contribution is -0.870. The number of nitrogens with zero attached hydrogens (tertiary/aromatic N) is 1. The number of likely N-dealkylation sites (N-methyl/N-ethyl adjacent to an activating group) is 1. The molecule has 0 saturated carbocycles. The van der Waals surface area contributed by atoms with Crippen molar-refractivity contribution in [1.29, 1.82) is 0 Å². The van der Waals surface area contributed by atoms with Gasteiger partial charge in [-0.2, -0.15) is 0 Å². The largest absolute Gasteiger partial charge is 0.472 e. The van der Waals surface area contributed by atoms with Gasteiger partial charge in [-0.05, 0) is 77.0 Å². The van der Waals surface area contributed by atoms with Gasteiger partial charge in [-0.3, -0.25) is 13.8 Å². The van der Waals surface area contributed by atoms with Gasteiger partial charge in [-0.15, -0.1) is 0 Å². The Kier molecular flexibility index (Phi) is 56.6. The highest BCUT2D eigenvalue weighted by Gasteiger charge is 2.27. The zero-order valence-electron chi connectivity index (χ0n) is 51.2. The van der Waals surface area contributed by atoms with Crippen molar-refractivity contribution in [3.8, 4) is 0 Å². The standard InChI is InChI=1S/C68H125N2O6P/c1-6-8-10-12-14-16-18-20-22-23-24-25-26-27-28-29-30-31-32-33-34-35-36-37-38-39-40-41-42-43-44-45-46-47-48-50-52-54-56-58-60-62-68(72)69-66(65-76-77(73,74)75-64-63-70(3,4)5)67(71)61-59-57-55-53-51-49-21-19-17-15-13-11-9-7-2/h8,10,14,16,20,22,24-25,27-28,51,53,59,61,66-67,71H,6-7,9,11-13,15,17-19,21,23,26,29-50,52,54-58,60,62-65H2,1-5H3,(H-,69,72,73,74)/p+1/b10-8-,16-14-,22-20-,25-24-,28-27-,53-51+,61-59+. The van der Waals surface area contributed by atoms with E-state index in [1.165, 1.54) is 199 Å². The van der Waals surface area contributed by atoms with Crippen molar-refractivity contribution in [2.75, 3.05) is 40.9 Å². The summed E-state index contributed by atoms with van der Waals surface area (Å²) in [6.45, 7) is 4.69. The fourth-order valence-corrected chi connectivity index (χ4v) is 10.1. The van der Waals surface area contributed by atoms with Crippen LogP contribution in [0, 0.1) is 0 Å². The first-order chi connectivity index (χ1) is 37.5. The minimum absolute atomic E-state index is 0.0558. The van der Waals surface area contributed by atoms with Gasteiger partial charge in [0.05, 0.1) is 39.9 Å². The molecule has 0 spiro atoms. The number of allylic oxidation sites excluding steroid dienone is 13. The van der Waals surface area contributed by atoms with E-state index in [1.54, 1.807) is 6.08 Å². The molecule has 1 amide bonds. The SMILES string of the molecule is CC/C=C\C/C=C\C/C=C\C/C=C\C/C=C\CCCCCCCCCCCCCCCCCCCCCCCCCCCC(=O)NC(COP(=O)(O)OCC[N+](C)(C)C)C(O)/C=C/CC/C=C/CCCCCCCCCC. The van der Waals surface area contributed by atoms with Crippen molar-refractivity contribution in [3.05, 3.63) is 85.1 Å². The summed E-state index contributed by atoms with van der Waals surface area (Å²) in [6.07, 6.45) is 83.1. The van der Waals surface area contributed by atoms with Crippen molar-refractivity contribution in [3.63, 3.8) is 0 Å². The number of aliphatic hydroxyl groups excluding tert-OH is 1. The monoisotopic (exact) mass is 1100 g/mol. The summed E-state index contributed by atoms with van der Waals surface area (Å²) in [5.74, 6) is -0.184. The van der Waals surface area contributed by atoms with Gasteiger partial charge in [0, 0.05) is 6.42 Å². The average molecular weight is 1100 g/mol. The number of rotatable bonds is 59. The smallest absolute Gasteiger partial charge is 0.387 e. The summed E-state index contributed by atoms with van der Waals surface area (Å²) in [4.78, 5) is 23.3. The lowest BCUT2D eigenvalue weighted by atomic mass is 10.0. The van der Waals surface area contributed by atoms with Crippen LogP contribution in [-0.2, 0) is 18.4 Å². The molecular weight excluding hydrogens is 972 g/mol. The Hall–Kier alpha value is -2.32. The Labute approximate surface area is 477 Å². The third-order valence-corrected chi connectivity index (χ3v) is 15.3. The van der Waals surface area contributed by atoms with Crippen LogP contribution >= 0.6 is 7.82 Å². The minimum atomic E-state index is -4.35. The van der Waals surface area contributed by atoms with Gasteiger partial charge in [-0.1, -0.05) is 292 Å². The molecular formula is C68H126N2O6P+. The first kappa shape index (κ1) is 74.7. The third kappa shape index (κ3) is 61.2. The number of carbonyl (C=O) groups excluding carboxylic acids is 1. The number of phosphoric acid groups is 1. The van der Waals surface area contributed by atoms with E-state index in [0.29, 0.717) is 17.4 Å². The predicted octanol–water partition coefficient (Wildman–Crippen LogP) is 20.4. The Bertz CT molecular complexity index is 1530. The first-order valence-electron chi connectivity index (χ1n) is 32.5. The number of amides is 1. The Morgan fingerprint density at radius 1 is 0.455 bits per heavy atom. The van der Waals surface area contributed by atoms with E-state index in [2.05, 4.69) is 92.1 Å². The van der Waals surface area contributed by atoms with Crippen LogP contribution in [0.15, 0.2) is 85.1 Å². The molecule has 448 valence electrons. The number of phosphoric ester groups is 1. The molecule has 0 heterocycles. The van der Waals surface area contributed by atoms with E-state index in [-0.39, 0.29) is 19.1 Å². The summed E-state index contributed by atoms with van der Waals surface area (Å²) >= 11 is 0. The summed E-state index contributed by atoms with van der Waals surface area (Å²) in [5.41, 5.74) is 0. The maximum absolute atomic E-state index is 13.0. The molecule has 0 aromatic carbocycles. The van der Waals surface area contributed by atoms with Crippen molar-refractivity contribution in [2.24, 2.45) is 0 Å². The number of carbonyl (C=O) groups is 1. The Balaban J connectivity index is 3.90. The molecule has 3 atom stereocenters. The van der Waals surface area contributed by atoms with Gasteiger partial charge >= 0.3 is 7.82 Å². The average Bonchev–Trinajstić information content (AvgIpc) is 3.39. The van der Waals surface area contributed by atoms with Crippen LogP contribution in [0.25, 0.3) is 0 Å². The Morgan fingerprint density at radius 3 is 1.19 bits per heavy atom. The van der Waals surface area contributed by atoms with Crippen LogP contribution in [0.4, 0.5) is 0 Å². The van der Waals surface area contributed by atoms with E-state index < -0.39 is 20.0 Å². The maximum Gasteiger partial charge on any atom is 0.472 e. The number of unbranched alkanes of at least 4 members (excludes halogenated alkanes) is 34. The van der Waals surface area contributed by atoms with Crippen molar-refractivity contribution in [2.45, 2.75) is 302 Å². The van der Waals surface area contributed by atoms with Crippen molar-refractivity contribution in [1.82, 2.24) is 5.32 Å². The number of nitrogens with one attached hydrogen (secondary N) is 1. The lowest BCUT2D eigenvalue weighted by Gasteiger charge is -2.25. The highest BCUT2D eigenvalue weighted by molar-refractivity contribution is 7.47. The molecule has 0 aromatic heterocycles. The fourth-order valence-electron chi connectivity index (χ4n) is 9.32. The second kappa shape index (κ2) is 58.3. The molecule has 77 heavy (non-hydrogen) atoms. The zero-order chi connectivity index (χ0) is 56.3. The number of aliphatic hydroxyl groups is 1. The topological polar surface area (TPSA) is 105 Å². The second-order valence-electron chi connectivity index (χ2n) is 23.1. The van der Waals surface area contributed by atoms with E-state index >= 15 is 0 Å². The van der Waals surface area contributed by atoms with Crippen LogP contribution in [0.1, 0.15) is 290 Å². The molecule has 3 N–H and O–H groups in total. The van der Waals surface area contributed by atoms with Crippen molar-refractivity contribution >= 4 is 13.7 Å². The van der Waals surface area contributed by atoms with E-state index in [1.807, 2.05) is 27.2 Å². The number of hydrogen-bond donors (Lipinski definition) is 3. The van der Waals surface area contributed by atoms with Crippen LogP contribution < -0.4 is 5.32 Å². The van der Waals surface area contributed by atoms with Crippen LogP contribution in [0.5, 0.6) is 0 Å². The van der Waals surface area contributed by atoms with E-state index in [9.17, 15) is 19.4 Å². The summed E-state index contributed by atoms with van der Waals surface area (Å²) in [7, 11) is 1.56. The molecule has 0 saturated heterocycles. The van der Waals surface area contributed by atoms with Gasteiger partial charge in [0.25, 0.3) is 0 Å². The van der Waals surface area contributed by atoms with Gasteiger partial charge in [0.15, 0.2) is 0 Å². The molecule has 0 aliphatic rings.